The van der Waals surface area contributed by atoms with Crippen LogP contribution in [0, 0.1) is 0 Å². The zero-order valence-corrected chi connectivity index (χ0v) is 19.7. The lowest BCUT2D eigenvalue weighted by molar-refractivity contribution is -0.145. The molecule has 0 aromatic heterocycles. The van der Waals surface area contributed by atoms with E-state index in [9.17, 15) is 34.5 Å². The van der Waals surface area contributed by atoms with E-state index in [1.807, 2.05) is 0 Å². The first-order valence-electron chi connectivity index (χ1n) is 10.4. The summed E-state index contributed by atoms with van der Waals surface area (Å²) in [7, 11) is 0. The Kier molecular flexibility index (Phi) is 12.4. The fourth-order valence-electron chi connectivity index (χ4n) is 2.86. The number of benzene rings is 1. The standard InChI is InChI=1S/C21H32N4O8S/c1-11(27)17(21(32)33)25-19(30)15(7-8-34-2)23-20(31)16(24-18(29)14(22)10-26)9-12-3-5-13(28)6-4-12/h3-6,11,14-17,26-28H,7-10,22H2,1-2H3,(H,23,31)(H,24,29)(H,25,30)(H,32,33). The summed E-state index contributed by atoms with van der Waals surface area (Å²) in [6.07, 6.45) is 0.551. The molecule has 13 heteroatoms. The number of amides is 3. The molecule has 9 N–H and O–H groups in total. The van der Waals surface area contributed by atoms with Gasteiger partial charge in [-0.2, -0.15) is 11.8 Å². The topological polar surface area (TPSA) is 211 Å². The summed E-state index contributed by atoms with van der Waals surface area (Å²) in [6, 6.07) is 0.726. The minimum absolute atomic E-state index is 0.0102. The van der Waals surface area contributed by atoms with Crippen LogP contribution in [-0.4, -0.2) is 93.0 Å². The third-order valence-electron chi connectivity index (χ3n) is 4.83. The van der Waals surface area contributed by atoms with Gasteiger partial charge in [0.05, 0.1) is 12.7 Å². The SMILES string of the molecule is CSCCC(NC(=O)C(Cc1ccc(O)cc1)NC(=O)C(N)CO)C(=O)NC(C(=O)O)C(C)O. The Morgan fingerprint density at radius 3 is 2.06 bits per heavy atom. The predicted octanol–water partition coefficient (Wildman–Crippen LogP) is -2.07. The van der Waals surface area contributed by atoms with E-state index in [0.717, 1.165) is 0 Å². The van der Waals surface area contributed by atoms with Crippen molar-refractivity contribution in [3.05, 3.63) is 29.8 Å². The molecule has 190 valence electrons. The number of carbonyl (C=O) groups is 4. The summed E-state index contributed by atoms with van der Waals surface area (Å²) in [5.41, 5.74) is 6.12. The van der Waals surface area contributed by atoms with Gasteiger partial charge in [0.25, 0.3) is 0 Å². The molecule has 0 aliphatic rings. The number of nitrogens with one attached hydrogen (secondary N) is 3. The average Bonchev–Trinajstić information content (AvgIpc) is 2.79. The molecule has 0 aliphatic carbocycles. The maximum absolute atomic E-state index is 13.1. The lowest BCUT2D eigenvalue weighted by Crippen LogP contribution is -2.59. The molecular formula is C21H32N4O8S. The molecule has 1 rings (SSSR count). The fourth-order valence-corrected chi connectivity index (χ4v) is 3.33. The van der Waals surface area contributed by atoms with E-state index >= 15 is 0 Å². The third-order valence-corrected chi connectivity index (χ3v) is 5.48. The number of thioether (sulfide) groups is 1. The van der Waals surface area contributed by atoms with Gasteiger partial charge in [-0.3, -0.25) is 14.4 Å². The summed E-state index contributed by atoms with van der Waals surface area (Å²) < 4.78 is 0. The van der Waals surface area contributed by atoms with Crippen LogP contribution in [0.2, 0.25) is 0 Å². The van der Waals surface area contributed by atoms with E-state index in [-0.39, 0.29) is 18.6 Å². The molecule has 5 atom stereocenters. The first kappa shape index (κ1) is 29.2. The van der Waals surface area contributed by atoms with Crippen molar-refractivity contribution in [3.63, 3.8) is 0 Å². The molecule has 0 fully saturated rings. The highest BCUT2D eigenvalue weighted by Gasteiger charge is 2.31. The molecule has 0 saturated carbocycles. The Hall–Kier alpha value is -2.87. The second kappa shape index (κ2) is 14.4. The molecule has 34 heavy (non-hydrogen) atoms. The van der Waals surface area contributed by atoms with Crippen molar-refractivity contribution in [2.24, 2.45) is 5.73 Å². The van der Waals surface area contributed by atoms with Crippen LogP contribution in [0.5, 0.6) is 5.75 Å². The number of carbonyl (C=O) groups excluding carboxylic acids is 3. The van der Waals surface area contributed by atoms with Crippen molar-refractivity contribution in [3.8, 4) is 5.75 Å². The fraction of sp³-hybridized carbons (Fsp3) is 0.524. The van der Waals surface area contributed by atoms with Crippen molar-refractivity contribution in [1.29, 1.82) is 0 Å². The Labute approximate surface area is 201 Å². The van der Waals surface area contributed by atoms with Crippen molar-refractivity contribution in [2.45, 2.75) is 50.0 Å². The number of aromatic hydroxyl groups is 1. The maximum Gasteiger partial charge on any atom is 0.328 e. The molecule has 12 nitrogen and oxygen atoms in total. The first-order valence-corrected chi connectivity index (χ1v) is 11.8. The number of carboxylic acids is 1. The zero-order chi connectivity index (χ0) is 25.8. The summed E-state index contributed by atoms with van der Waals surface area (Å²) in [4.78, 5) is 49.3. The van der Waals surface area contributed by atoms with Crippen LogP contribution in [-0.2, 0) is 25.6 Å². The first-order chi connectivity index (χ1) is 16.0. The van der Waals surface area contributed by atoms with Gasteiger partial charge >= 0.3 is 5.97 Å². The van der Waals surface area contributed by atoms with Gasteiger partial charge in [0.15, 0.2) is 6.04 Å². The molecular weight excluding hydrogens is 468 g/mol. The highest BCUT2D eigenvalue weighted by molar-refractivity contribution is 7.98. The van der Waals surface area contributed by atoms with Gasteiger partial charge in [0, 0.05) is 6.42 Å². The second-order valence-electron chi connectivity index (χ2n) is 7.63. The van der Waals surface area contributed by atoms with E-state index in [1.165, 1.54) is 30.8 Å². The summed E-state index contributed by atoms with van der Waals surface area (Å²) in [5, 5.41) is 44.6. The van der Waals surface area contributed by atoms with Crippen LogP contribution in [0.4, 0.5) is 0 Å². The number of aliphatic hydroxyl groups excluding tert-OH is 2. The molecule has 0 radical (unpaired) electrons. The predicted molar refractivity (Wildman–Crippen MR) is 125 cm³/mol. The lowest BCUT2D eigenvalue weighted by atomic mass is 10.0. The van der Waals surface area contributed by atoms with E-state index in [0.29, 0.717) is 11.3 Å². The average molecular weight is 501 g/mol. The quantitative estimate of drug-likeness (QED) is 0.140. The molecule has 1 aromatic carbocycles. The lowest BCUT2D eigenvalue weighted by Gasteiger charge is -2.25. The van der Waals surface area contributed by atoms with E-state index in [1.54, 1.807) is 18.4 Å². The van der Waals surface area contributed by atoms with Gasteiger partial charge in [-0.1, -0.05) is 12.1 Å². The van der Waals surface area contributed by atoms with Crippen LogP contribution >= 0.6 is 11.8 Å². The number of aliphatic hydroxyl groups is 2. The molecule has 0 heterocycles. The van der Waals surface area contributed by atoms with Gasteiger partial charge in [0.1, 0.15) is 23.9 Å². The maximum atomic E-state index is 13.1. The number of aliphatic carboxylic acids is 1. The van der Waals surface area contributed by atoms with Crippen LogP contribution in [0.15, 0.2) is 24.3 Å². The van der Waals surface area contributed by atoms with E-state index in [4.69, 9.17) is 10.8 Å². The molecule has 0 bridgehead atoms. The summed E-state index contributed by atoms with van der Waals surface area (Å²) in [5.74, 6) is -3.31. The van der Waals surface area contributed by atoms with Crippen molar-refractivity contribution in [1.82, 2.24) is 16.0 Å². The van der Waals surface area contributed by atoms with Gasteiger partial charge in [-0.05, 0) is 43.0 Å². The molecule has 1 aromatic rings. The second-order valence-corrected chi connectivity index (χ2v) is 8.61. The van der Waals surface area contributed by atoms with E-state index < -0.39 is 60.6 Å². The molecule has 5 unspecified atom stereocenters. The Morgan fingerprint density at radius 1 is 1.00 bits per heavy atom. The highest BCUT2D eigenvalue weighted by Crippen LogP contribution is 2.12. The van der Waals surface area contributed by atoms with Crippen LogP contribution in [0.3, 0.4) is 0 Å². The highest BCUT2D eigenvalue weighted by atomic mass is 32.2. The number of nitrogens with two attached hydrogens (primary N) is 1. The number of hydrogen-bond acceptors (Lipinski definition) is 9. The van der Waals surface area contributed by atoms with Crippen molar-refractivity contribution in [2.75, 3.05) is 18.6 Å². The zero-order valence-electron chi connectivity index (χ0n) is 18.9. The Balaban J connectivity index is 3.09. The number of phenolic OH excluding ortho intramolecular Hbond substituents is 1. The molecule has 3 amide bonds. The van der Waals surface area contributed by atoms with Gasteiger partial charge < -0.3 is 42.1 Å². The number of carboxylic acid groups (broad SMARTS) is 1. The summed E-state index contributed by atoms with van der Waals surface area (Å²) >= 11 is 1.40. The third kappa shape index (κ3) is 9.55. The van der Waals surface area contributed by atoms with Crippen molar-refractivity contribution >= 4 is 35.5 Å². The van der Waals surface area contributed by atoms with Gasteiger partial charge in [-0.15, -0.1) is 0 Å². The van der Waals surface area contributed by atoms with Gasteiger partial charge in [0.2, 0.25) is 17.7 Å². The van der Waals surface area contributed by atoms with Crippen LogP contribution < -0.4 is 21.7 Å². The summed E-state index contributed by atoms with van der Waals surface area (Å²) in [6.45, 7) is 0.566. The smallest absolute Gasteiger partial charge is 0.328 e. The normalized spacial score (nSPS) is 15.3. The Morgan fingerprint density at radius 2 is 1.56 bits per heavy atom. The van der Waals surface area contributed by atoms with E-state index in [2.05, 4.69) is 16.0 Å². The monoisotopic (exact) mass is 500 g/mol. The Bertz CT molecular complexity index is 837. The van der Waals surface area contributed by atoms with Crippen LogP contribution in [0.1, 0.15) is 18.9 Å². The number of phenols is 1. The van der Waals surface area contributed by atoms with Gasteiger partial charge in [-0.25, -0.2) is 4.79 Å². The van der Waals surface area contributed by atoms with Crippen molar-refractivity contribution < 1.29 is 39.6 Å². The number of rotatable bonds is 14. The van der Waals surface area contributed by atoms with Crippen LogP contribution in [0.25, 0.3) is 0 Å². The minimum Gasteiger partial charge on any atom is -0.508 e. The molecule has 0 aliphatic heterocycles. The molecule has 0 saturated heterocycles. The largest absolute Gasteiger partial charge is 0.508 e. The minimum atomic E-state index is -1.57. The molecule has 0 spiro atoms. The number of hydrogen-bond donors (Lipinski definition) is 8.